The second-order valence-electron chi connectivity index (χ2n) is 3.11. The molecule has 0 aliphatic rings. The molecule has 0 fully saturated rings. The summed E-state index contributed by atoms with van der Waals surface area (Å²) in [6.45, 7) is 3.29. The van der Waals surface area contributed by atoms with Crippen molar-refractivity contribution in [2.45, 2.75) is 18.9 Å². The molecule has 0 aromatic rings. The largest absolute Gasteiger partial charge is 0.367 e. The minimum absolute atomic E-state index is 0.272. The van der Waals surface area contributed by atoms with Gasteiger partial charge in [-0.05, 0) is 6.42 Å². The molecule has 0 rings (SSSR count). The van der Waals surface area contributed by atoms with Crippen molar-refractivity contribution in [2.75, 3.05) is 26.4 Å². The van der Waals surface area contributed by atoms with Crippen LogP contribution in [0.15, 0.2) is 0 Å². The molecule has 0 spiro atoms. The fraction of sp³-hybridized carbons (Fsp3) is 0.636. The van der Waals surface area contributed by atoms with E-state index in [-0.39, 0.29) is 13.2 Å². The number of terminal acetylenes is 2. The van der Waals surface area contributed by atoms with Crippen LogP contribution < -0.4 is 5.73 Å². The molecule has 2 N–H and O–H groups in total. The molecule has 3 nitrogen and oxygen atoms in total. The van der Waals surface area contributed by atoms with E-state index in [1.807, 2.05) is 6.92 Å². The van der Waals surface area contributed by atoms with E-state index in [1.54, 1.807) is 0 Å². The van der Waals surface area contributed by atoms with Crippen molar-refractivity contribution >= 4 is 0 Å². The number of nitrogens with two attached hydrogens (primary N) is 1. The Balaban J connectivity index is 3.81. The molecule has 0 bridgehead atoms. The monoisotopic (exact) mass is 195 g/mol. The van der Waals surface area contributed by atoms with E-state index in [0.29, 0.717) is 13.2 Å². The summed E-state index contributed by atoms with van der Waals surface area (Å²) in [7, 11) is 0. The molecule has 78 valence electrons. The predicted molar refractivity (Wildman–Crippen MR) is 56.5 cm³/mol. The van der Waals surface area contributed by atoms with Crippen molar-refractivity contribution in [1.29, 1.82) is 0 Å². The third kappa shape index (κ3) is 5.61. The molecule has 0 saturated carbocycles. The highest BCUT2D eigenvalue weighted by Crippen LogP contribution is 2.07. The van der Waals surface area contributed by atoms with Crippen molar-refractivity contribution in [3.63, 3.8) is 0 Å². The van der Waals surface area contributed by atoms with Gasteiger partial charge >= 0.3 is 0 Å². The summed E-state index contributed by atoms with van der Waals surface area (Å²) in [5, 5.41) is 0. The Bertz CT molecular complexity index is 204. The molecule has 0 aliphatic carbocycles. The third-order valence-corrected chi connectivity index (χ3v) is 1.85. The molecule has 14 heavy (non-hydrogen) atoms. The summed E-state index contributed by atoms with van der Waals surface area (Å²) < 4.78 is 10.4. The highest BCUT2D eigenvalue weighted by molar-refractivity contribution is 4.88. The van der Waals surface area contributed by atoms with Gasteiger partial charge in [-0.15, -0.1) is 12.8 Å². The van der Waals surface area contributed by atoms with Crippen molar-refractivity contribution in [1.82, 2.24) is 0 Å². The minimum Gasteiger partial charge on any atom is -0.367 e. The van der Waals surface area contributed by atoms with Gasteiger partial charge in [0.25, 0.3) is 0 Å². The first-order valence-corrected chi connectivity index (χ1v) is 4.50. The standard InChI is InChI=1S/C11H17NO2/c1-4-7-13-9-11(12,6-3)10-14-8-5-2/h1-2H,6-10,12H2,3H3. The Hall–Kier alpha value is -1.00. The lowest BCUT2D eigenvalue weighted by molar-refractivity contribution is 0.0412. The summed E-state index contributed by atoms with van der Waals surface area (Å²) >= 11 is 0. The maximum atomic E-state index is 5.99. The number of hydrogen-bond donors (Lipinski definition) is 1. The first kappa shape index (κ1) is 13.0. The van der Waals surface area contributed by atoms with E-state index < -0.39 is 5.54 Å². The molecule has 0 aromatic heterocycles. The van der Waals surface area contributed by atoms with Crippen LogP contribution in [0.5, 0.6) is 0 Å². The fourth-order valence-electron chi connectivity index (χ4n) is 0.872. The van der Waals surface area contributed by atoms with Crippen LogP contribution in [-0.4, -0.2) is 32.0 Å². The molecular formula is C11H17NO2. The number of hydrogen-bond acceptors (Lipinski definition) is 3. The van der Waals surface area contributed by atoms with Crippen LogP contribution in [0.25, 0.3) is 0 Å². The lowest BCUT2D eigenvalue weighted by Crippen LogP contribution is -2.48. The zero-order chi connectivity index (χ0) is 10.9. The van der Waals surface area contributed by atoms with Gasteiger partial charge in [0.05, 0.1) is 18.8 Å². The van der Waals surface area contributed by atoms with Gasteiger partial charge in [-0.2, -0.15) is 0 Å². The molecule has 3 heteroatoms. The molecule has 0 saturated heterocycles. The van der Waals surface area contributed by atoms with E-state index in [2.05, 4.69) is 11.8 Å². The lowest BCUT2D eigenvalue weighted by atomic mass is 10.0. The van der Waals surface area contributed by atoms with Crippen LogP contribution >= 0.6 is 0 Å². The highest BCUT2D eigenvalue weighted by atomic mass is 16.5. The number of ether oxygens (including phenoxy) is 2. The van der Waals surface area contributed by atoms with E-state index >= 15 is 0 Å². The van der Waals surface area contributed by atoms with Crippen LogP contribution in [0, 0.1) is 24.7 Å². The van der Waals surface area contributed by atoms with Crippen molar-refractivity contribution in [2.24, 2.45) is 5.73 Å². The van der Waals surface area contributed by atoms with Gasteiger partial charge in [0.2, 0.25) is 0 Å². The van der Waals surface area contributed by atoms with Gasteiger partial charge in [-0.25, -0.2) is 0 Å². The molecule has 0 atom stereocenters. The summed E-state index contributed by atoms with van der Waals surface area (Å²) in [5.74, 6) is 4.76. The molecule has 0 radical (unpaired) electrons. The Morgan fingerprint density at radius 3 is 1.86 bits per heavy atom. The first-order valence-electron chi connectivity index (χ1n) is 4.50. The summed E-state index contributed by atoms with van der Waals surface area (Å²) in [6.07, 6.45) is 10.8. The van der Waals surface area contributed by atoms with Gasteiger partial charge in [0.1, 0.15) is 13.2 Å². The first-order chi connectivity index (χ1) is 6.68. The fourth-order valence-corrected chi connectivity index (χ4v) is 0.872. The topological polar surface area (TPSA) is 44.5 Å². The summed E-state index contributed by atoms with van der Waals surface area (Å²) in [5.41, 5.74) is 5.50. The van der Waals surface area contributed by atoms with E-state index in [9.17, 15) is 0 Å². The molecule has 0 aromatic carbocycles. The Kier molecular flexibility index (Phi) is 6.88. The third-order valence-electron chi connectivity index (χ3n) is 1.85. The second-order valence-corrected chi connectivity index (χ2v) is 3.11. The second kappa shape index (κ2) is 7.41. The van der Waals surface area contributed by atoms with Crippen LogP contribution in [-0.2, 0) is 9.47 Å². The SMILES string of the molecule is C#CCOCC(N)(CC)COCC#C. The summed E-state index contributed by atoms with van der Waals surface area (Å²) in [4.78, 5) is 0. The van der Waals surface area contributed by atoms with Gasteiger partial charge in [0.15, 0.2) is 0 Å². The maximum absolute atomic E-state index is 5.99. The normalized spacial score (nSPS) is 10.6. The predicted octanol–water partition coefficient (Wildman–Crippen LogP) is 0.393. The lowest BCUT2D eigenvalue weighted by Gasteiger charge is -2.26. The highest BCUT2D eigenvalue weighted by Gasteiger charge is 2.23. The molecule has 0 aliphatic heterocycles. The van der Waals surface area contributed by atoms with Gasteiger partial charge in [-0.1, -0.05) is 18.8 Å². The van der Waals surface area contributed by atoms with E-state index in [4.69, 9.17) is 28.1 Å². The molecular weight excluding hydrogens is 178 g/mol. The molecule has 0 heterocycles. The maximum Gasteiger partial charge on any atom is 0.107 e. The quantitative estimate of drug-likeness (QED) is 0.472. The average molecular weight is 195 g/mol. The average Bonchev–Trinajstić information content (AvgIpc) is 2.19. The van der Waals surface area contributed by atoms with Crippen LogP contribution in [0.3, 0.4) is 0 Å². The smallest absolute Gasteiger partial charge is 0.107 e. The minimum atomic E-state index is -0.492. The van der Waals surface area contributed by atoms with Gasteiger partial charge in [0, 0.05) is 0 Å². The van der Waals surface area contributed by atoms with E-state index in [1.165, 1.54) is 0 Å². The molecule has 0 unspecified atom stereocenters. The van der Waals surface area contributed by atoms with Gasteiger partial charge in [-0.3, -0.25) is 0 Å². The van der Waals surface area contributed by atoms with Crippen LogP contribution in [0.4, 0.5) is 0 Å². The Labute approximate surface area is 86.0 Å². The van der Waals surface area contributed by atoms with Crippen LogP contribution in [0.2, 0.25) is 0 Å². The van der Waals surface area contributed by atoms with Crippen molar-refractivity contribution in [3.05, 3.63) is 0 Å². The van der Waals surface area contributed by atoms with E-state index in [0.717, 1.165) is 6.42 Å². The van der Waals surface area contributed by atoms with Crippen molar-refractivity contribution < 1.29 is 9.47 Å². The van der Waals surface area contributed by atoms with Crippen molar-refractivity contribution in [3.8, 4) is 24.7 Å². The van der Waals surface area contributed by atoms with Crippen LogP contribution in [0.1, 0.15) is 13.3 Å². The summed E-state index contributed by atoms with van der Waals surface area (Å²) in [6, 6.07) is 0. The zero-order valence-electron chi connectivity index (χ0n) is 8.58. The Morgan fingerprint density at radius 2 is 1.57 bits per heavy atom. The van der Waals surface area contributed by atoms with Gasteiger partial charge < -0.3 is 15.2 Å². The molecule has 0 amide bonds. The number of rotatable bonds is 7. The zero-order valence-corrected chi connectivity index (χ0v) is 8.58. The Morgan fingerprint density at radius 1 is 1.14 bits per heavy atom.